The Morgan fingerprint density at radius 2 is 2.11 bits per heavy atom. The molecule has 0 spiro atoms. The number of benzene rings is 1. The van der Waals surface area contributed by atoms with Crippen LogP contribution in [-0.4, -0.2) is 7.05 Å². The van der Waals surface area contributed by atoms with Crippen molar-refractivity contribution in [2.45, 2.75) is 4.90 Å². The van der Waals surface area contributed by atoms with E-state index in [1.165, 1.54) is 10.6 Å². The summed E-state index contributed by atoms with van der Waals surface area (Å²) in [6, 6.07) is 12.2. The second-order valence-electron chi connectivity index (χ2n) is 4.11. The molecule has 0 amide bonds. The van der Waals surface area contributed by atoms with Gasteiger partial charge in [0.25, 0.3) is 0 Å². The second-order valence-corrected chi connectivity index (χ2v) is 5.18. The van der Waals surface area contributed by atoms with Gasteiger partial charge in [-0.1, -0.05) is 30.5 Å². The normalized spacial score (nSPS) is 16.1. The van der Waals surface area contributed by atoms with Crippen molar-refractivity contribution in [3.63, 3.8) is 0 Å². The number of thioether (sulfide) groups is 1. The summed E-state index contributed by atoms with van der Waals surface area (Å²) in [7, 11) is 2.07. The average Bonchev–Trinajstić information content (AvgIpc) is 3.00. The zero-order chi connectivity index (χ0) is 12.5. The zero-order valence-electron chi connectivity index (χ0n) is 10.1. The molecule has 1 aromatic heterocycles. The van der Waals surface area contributed by atoms with E-state index in [0.717, 1.165) is 16.4 Å². The van der Waals surface area contributed by atoms with Gasteiger partial charge in [-0.05, 0) is 30.3 Å². The monoisotopic (exact) mass is 255 g/mol. The SMILES string of the molecule is C=C(/C=C1/Sc2ccccc2N1C)c1ccco1. The van der Waals surface area contributed by atoms with Gasteiger partial charge in [-0.15, -0.1) is 0 Å². The number of anilines is 1. The summed E-state index contributed by atoms with van der Waals surface area (Å²) in [6.45, 7) is 4.05. The highest BCUT2D eigenvalue weighted by Gasteiger charge is 2.21. The highest BCUT2D eigenvalue weighted by atomic mass is 32.2. The topological polar surface area (TPSA) is 16.4 Å². The van der Waals surface area contributed by atoms with Crippen molar-refractivity contribution in [2.75, 3.05) is 11.9 Å². The highest BCUT2D eigenvalue weighted by Crippen LogP contribution is 2.45. The van der Waals surface area contributed by atoms with E-state index >= 15 is 0 Å². The van der Waals surface area contributed by atoms with Crippen molar-refractivity contribution < 1.29 is 4.42 Å². The van der Waals surface area contributed by atoms with Gasteiger partial charge in [0.05, 0.1) is 17.0 Å². The number of hydrogen-bond donors (Lipinski definition) is 0. The number of fused-ring (bicyclic) bond motifs is 1. The van der Waals surface area contributed by atoms with Crippen molar-refractivity contribution in [3.8, 4) is 0 Å². The Labute approximate surface area is 111 Å². The van der Waals surface area contributed by atoms with Crippen LogP contribution in [-0.2, 0) is 0 Å². The number of furan rings is 1. The molecule has 2 aromatic rings. The van der Waals surface area contributed by atoms with E-state index in [4.69, 9.17) is 4.42 Å². The summed E-state index contributed by atoms with van der Waals surface area (Å²) < 4.78 is 5.35. The van der Waals surface area contributed by atoms with Crippen LogP contribution in [0.2, 0.25) is 0 Å². The van der Waals surface area contributed by atoms with Crippen LogP contribution in [0.4, 0.5) is 5.69 Å². The Bertz CT molecular complexity index is 613. The van der Waals surface area contributed by atoms with Gasteiger partial charge in [0.2, 0.25) is 0 Å². The standard InChI is InChI=1S/C15H13NOS/c1-11(13-7-5-9-17-13)10-15-16(2)12-6-3-4-8-14(12)18-15/h3-10H,1H2,2H3/b15-10+. The van der Waals surface area contributed by atoms with Gasteiger partial charge >= 0.3 is 0 Å². The van der Waals surface area contributed by atoms with Gasteiger partial charge < -0.3 is 9.32 Å². The second kappa shape index (κ2) is 4.42. The lowest BCUT2D eigenvalue weighted by molar-refractivity contribution is 0.554. The lowest BCUT2D eigenvalue weighted by Gasteiger charge is -2.13. The van der Waals surface area contributed by atoms with E-state index < -0.39 is 0 Å². The fourth-order valence-corrected chi connectivity index (χ4v) is 3.05. The fraction of sp³-hybridized carbons (Fsp3) is 0.0667. The summed E-state index contributed by atoms with van der Waals surface area (Å²) >= 11 is 1.75. The van der Waals surface area contributed by atoms with Crippen LogP contribution in [0.25, 0.3) is 5.57 Å². The van der Waals surface area contributed by atoms with E-state index in [1.807, 2.05) is 12.1 Å². The molecule has 3 heteroatoms. The first-order valence-corrected chi connectivity index (χ1v) is 6.52. The molecule has 0 bridgehead atoms. The molecular weight excluding hydrogens is 242 g/mol. The van der Waals surface area contributed by atoms with Gasteiger partial charge in [-0.25, -0.2) is 0 Å². The predicted octanol–water partition coefficient (Wildman–Crippen LogP) is 4.38. The maximum atomic E-state index is 5.35. The molecule has 0 atom stereocenters. The molecule has 1 aliphatic heterocycles. The molecule has 1 aliphatic rings. The molecule has 0 saturated carbocycles. The fourth-order valence-electron chi connectivity index (χ4n) is 1.93. The highest BCUT2D eigenvalue weighted by molar-refractivity contribution is 8.03. The Hall–Kier alpha value is -1.87. The lowest BCUT2D eigenvalue weighted by Crippen LogP contribution is -2.09. The summed E-state index contributed by atoms with van der Waals surface area (Å²) in [6.07, 6.45) is 3.72. The molecule has 18 heavy (non-hydrogen) atoms. The van der Waals surface area contributed by atoms with Crippen LogP contribution in [0.3, 0.4) is 0 Å². The zero-order valence-corrected chi connectivity index (χ0v) is 10.9. The minimum Gasteiger partial charge on any atom is -0.464 e. The molecule has 1 aromatic carbocycles. The minimum absolute atomic E-state index is 0.812. The molecule has 0 unspecified atom stereocenters. The molecule has 2 heterocycles. The number of nitrogens with zero attached hydrogens (tertiary/aromatic N) is 1. The number of hydrogen-bond acceptors (Lipinski definition) is 3. The van der Waals surface area contributed by atoms with Gasteiger partial charge in [-0.3, -0.25) is 0 Å². The molecule has 0 fully saturated rings. The van der Waals surface area contributed by atoms with Crippen molar-refractivity contribution in [3.05, 3.63) is 66.1 Å². The van der Waals surface area contributed by atoms with E-state index in [2.05, 4.69) is 48.9 Å². The van der Waals surface area contributed by atoms with Crippen molar-refractivity contribution in [1.82, 2.24) is 0 Å². The Kier molecular flexibility index (Phi) is 2.76. The lowest BCUT2D eigenvalue weighted by atomic mass is 10.2. The van der Waals surface area contributed by atoms with Gasteiger partial charge in [-0.2, -0.15) is 0 Å². The summed E-state index contributed by atoms with van der Waals surface area (Å²) in [5.74, 6) is 0.812. The molecule has 3 rings (SSSR count). The molecule has 0 radical (unpaired) electrons. The number of allylic oxidation sites excluding steroid dienone is 2. The molecule has 0 N–H and O–H groups in total. The van der Waals surface area contributed by atoms with E-state index in [9.17, 15) is 0 Å². The largest absolute Gasteiger partial charge is 0.464 e. The van der Waals surface area contributed by atoms with Gasteiger partial charge in [0, 0.05) is 17.5 Å². The Morgan fingerprint density at radius 3 is 2.83 bits per heavy atom. The molecule has 90 valence electrons. The molecule has 2 nitrogen and oxygen atoms in total. The van der Waals surface area contributed by atoms with Crippen LogP contribution >= 0.6 is 11.8 Å². The predicted molar refractivity (Wildman–Crippen MR) is 76.5 cm³/mol. The minimum atomic E-state index is 0.812. The van der Waals surface area contributed by atoms with Crippen molar-refractivity contribution >= 4 is 23.0 Å². The molecule has 0 saturated heterocycles. The Morgan fingerprint density at radius 1 is 1.28 bits per heavy atom. The van der Waals surface area contributed by atoms with Crippen LogP contribution < -0.4 is 4.90 Å². The van der Waals surface area contributed by atoms with Gasteiger partial charge in [0.15, 0.2) is 0 Å². The molecule has 0 aliphatic carbocycles. The summed E-state index contributed by atoms with van der Waals surface area (Å²) in [5, 5.41) is 1.16. The van der Waals surface area contributed by atoms with Crippen molar-refractivity contribution in [1.29, 1.82) is 0 Å². The summed E-state index contributed by atoms with van der Waals surface area (Å²) in [5.41, 5.74) is 2.13. The maximum absolute atomic E-state index is 5.35. The van der Waals surface area contributed by atoms with Crippen LogP contribution in [0, 0.1) is 0 Å². The van der Waals surface area contributed by atoms with Gasteiger partial charge in [0.1, 0.15) is 5.76 Å². The van der Waals surface area contributed by atoms with Crippen molar-refractivity contribution in [2.24, 2.45) is 0 Å². The first-order valence-electron chi connectivity index (χ1n) is 5.71. The van der Waals surface area contributed by atoms with E-state index in [-0.39, 0.29) is 0 Å². The third-order valence-electron chi connectivity index (χ3n) is 2.91. The third-order valence-corrected chi connectivity index (χ3v) is 4.07. The number of para-hydroxylation sites is 1. The molecular formula is C15H13NOS. The van der Waals surface area contributed by atoms with Crippen LogP contribution in [0.1, 0.15) is 5.76 Å². The average molecular weight is 255 g/mol. The first-order chi connectivity index (χ1) is 8.75. The number of rotatable bonds is 2. The van der Waals surface area contributed by atoms with E-state index in [1.54, 1.807) is 18.0 Å². The maximum Gasteiger partial charge on any atom is 0.133 e. The Balaban J connectivity index is 1.90. The third kappa shape index (κ3) is 1.87. The quantitative estimate of drug-likeness (QED) is 0.792. The first kappa shape index (κ1) is 11.2. The smallest absolute Gasteiger partial charge is 0.133 e. The summed E-state index contributed by atoms with van der Waals surface area (Å²) in [4.78, 5) is 3.45. The van der Waals surface area contributed by atoms with E-state index in [0.29, 0.717) is 0 Å². The van der Waals surface area contributed by atoms with Crippen LogP contribution in [0.5, 0.6) is 0 Å². The van der Waals surface area contributed by atoms with Crippen LogP contribution in [0.15, 0.2) is 69.7 Å².